The van der Waals surface area contributed by atoms with E-state index in [-0.39, 0.29) is 0 Å². The van der Waals surface area contributed by atoms with Gasteiger partial charge in [-0.2, -0.15) is 0 Å². The lowest BCUT2D eigenvalue weighted by Crippen LogP contribution is -2.05. The minimum atomic E-state index is 0.955. The van der Waals surface area contributed by atoms with Gasteiger partial charge in [0, 0.05) is 12.2 Å². The molecule has 3 aromatic carbocycles. The number of benzene rings is 3. The van der Waals surface area contributed by atoms with Crippen molar-refractivity contribution >= 4 is 16.5 Å². The van der Waals surface area contributed by atoms with E-state index in [1.165, 1.54) is 27.6 Å². The quantitative estimate of drug-likeness (QED) is 0.711. The Bertz CT molecular complexity index is 693. The molecule has 0 aliphatic rings. The maximum absolute atomic E-state index is 3.49. The Morgan fingerprint density at radius 3 is 2.40 bits per heavy atom. The summed E-state index contributed by atoms with van der Waals surface area (Å²) in [5.41, 5.74) is 3.89. The van der Waals surface area contributed by atoms with Crippen LogP contribution in [0.3, 0.4) is 0 Å². The molecule has 0 aliphatic carbocycles. The minimum absolute atomic E-state index is 0.955. The first-order valence-corrected chi connectivity index (χ1v) is 7.10. The summed E-state index contributed by atoms with van der Waals surface area (Å²) in [6.07, 6.45) is 1.04. The Morgan fingerprint density at radius 1 is 0.800 bits per heavy atom. The van der Waals surface area contributed by atoms with Crippen molar-refractivity contribution < 1.29 is 0 Å². The second-order valence-electron chi connectivity index (χ2n) is 5.18. The number of hydrogen-bond donors (Lipinski definition) is 1. The molecule has 3 rings (SSSR count). The molecule has 1 heteroatoms. The first-order valence-electron chi connectivity index (χ1n) is 7.10. The summed E-state index contributed by atoms with van der Waals surface area (Å²) in [4.78, 5) is 0. The molecule has 0 spiro atoms. The van der Waals surface area contributed by atoms with Crippen molar-refractivity contribution in [2.45, 2.75) is 13.3 Å². The van der Waals surface area contributed by atoms with Crippen LogP contribution in [0.5, 0.6) is 0 Å². The minimum Gasteiger partial charge on any atom is -0.385 e. The van der Waals surface area contributed by atoms with Crippen LogP contribution in [0.1, 0.15) is 11.1 Å². The summed E-state index contributed by atoms with van der Waals surface area (Å²) in [5.74, 6) is 0. The highest BCUT2D eigenvalue weighted by Crippen LogP contribution is 2.19. The third-order valence-electron chi connectivity index (χ3n) is 3.65. The molecule has 1 N–H and O–H groups in total. The molecular weight excluding hydrogens is 242 g/mol. The van der Waals surface area contributed by atoms with Crippen LogP contribution in [0.2, 0.25) is 0 Å². The third-order valence-corrected chi connectivity index (χ3v) is 3.65. The molecule has 0 radical (unpaired) electrons. The fraction of sp³-hybridized carbons (Fsp3) is 0.158. The van der Waals surface area contributed by atoms with Gasteiger partial charge in [0.15, 0.2) is 0 Å². The highest BCUT2D eigenvalue weighted by molar-refractivity contribution is 5.85. The summed E-state index contributed by atoms with van der Waals surface area (Å²) in [5, 5.41) is 6.17. The average molecular weight is 261 g/mol. The maximum Gasteiger partial charge on any atom is 0.0340 e. The van der Waals surface area contributed by atoms with Crippen LogP contribution in [0.25, 0.3) is 10.8 Å². The highest BCUT2D eigenvalue weighted by Gasteiger charge is 2.00. The lowest BCUT2D eigenvalue weighted by Gasteiger charge is -2.09. The molecule has 0 aromatic heterocycles. The number of hydrogen-bond acceptors (Lipinski definition) is 1. The van der Waals surface area contributed by atoms with E-state index in [2.05, 4.69) is 79.0 Å². The lowest BCUT2D eigenvalue weighted by molar-refractivity contribution is 1.03. The van der Waals surface area contributed by atoms with Gasteiger partial charge in [-0.25, -0.2) is 0 Å². The Kier molecular flexibility index (Phi) is 3.69. The zero-order chi connectivity index (χ0) is 13.8. The molecular formula is C19H19N. The Morgan fingerprint density at radius 2 is 1.55 bits per heavy atom. The average Bonchev–Trinajstić information content (AvgIpc) is 2.49. The van der Waals surface area contributed by atoms with Crippen molar-refractivity contribution in [3.05, 3.63) is 77.9 Å². The van der Waals surface area contributed by atoms with Crippen molar-refractivity contribution in [2.24, 2.45) is 0 Å². The SMILES string of the molecule is Cc1ccc(NCCc2cccc3ccccc23)cc1. The molecule has 1 nitrogen and oxygen atoms in total. The zero-order valence-corrected chi connectivity index (χ0v) is 11.8. The largest absolute Gasteiger partial charge is 0.385 e. The van der Waals surface area contributed by atoms with Crippen LogP contribution < -0.4 is 5.32 Å². The molecule has 0 saturated heterocycles. The van der Waals surface area contributed by atoms with Crippen LogP contribution in [0.4, 0.5) is 5.69 Å². The van der Waals surface area contributed by atoms with Crippen LogP contribution in [-0.2, 0) is 6.42 Å². The van der Waals surface area contributed by atoms with E-state index in [9.17, 15) is 0 Å². The number of anilines is 1. The number of aryl methyl sites for hydroxylation is 1. The monoisotopic (exact) mass is 261 g/mol. The fourth-order valence-corrected chi connectivity index (χ4v) is 2.52. The smallest absolute Gasteiger partial charge is 0.0340 e. The van der Waals surface area contributed by atoms with Crippen molar-refractivity contribution in [1.29, 1.82) is 0 Å². The van der Waals surface area contributed by atoms with E-state index in [0.717, 1.165) is 13.0 Å². The molecule has 0 atom stereocenters. The summed E-state index contributed by atoms with van der Waals surface area (Å²) in [6.45, 7) is 3.07. The van der Waals surface area contributed by atoms with E-state index in [4.69, 9.17) is 0 Å². The van der Waals surface area contributed by atoms with Gasteiger partial charge >= 0.3 is 0 Å². The van der Waals surface area contributed by atoms with Gasteiger partial charge in [0.1, 0.15) is 0 Å². The number of fused-ring (bicyclic) bond motifs is 1. The van der Waals surface area contributed by atoms with E-state index < -0.39 is 0 Å². The van der Waals surface area contributed by atoms with Crippen LogP contribution in [0, 0.1) is 6.92 Å². The molecule has 0 fully saturated rings. The van der Waals surface area contributed by atoms with E-state index in [1.54, 1.807) is 0 Å². The maximum atomic E-state index is 3.49. The summed E-state index contributed by atoms with van der Waals surface area (Å²) in [7, 11) is 0. The number of nitrogens with one attached hydrogen (secondary N) is 1. The summed E-state index contributed by atoms with van der Waals surface area (Å²) >= 11 is 0. The zero-order valence-electron chi connectivity index (χ0n) is 11.8. The van der Waals surface area contributed by atoms with Gasteiger partial charge in [-0.1, -0.05) is 60.2 Å². The van der Waals surface area contributed by atoms with Gasteiger partial charge in [0.2, 0.25) is 0 Å². The van der Waals surface area contributed by atoms with Gasteiger partial charge < -0.3 is 5.32 Å². The van der Waals surface area contributed by atoms with Crippen molar-refractivity contribution in [2.75, 3.05) is 11.9 Å². The van der Waals surface area contributed by atoms with Gasteiger partial charge in [-0.15, -0.1) is 0 Å². The normalized spacial score (nSPS) is 10.7. The predicted octanol–water partition coefficient (Wildman–Crippen LogP) is 4.80. The second-order valence-corrected chi connectivity index (χ2v) is 5.18. The lowest BCUT2D eigenvalue weighted by atomic mass is 10.0. The molecule has 100 valence electrons. The predicted molar refractivity (Wildman–Crippen MR) is 87.3 cm³/mol. The van der Waals surface area contributed by atoms with Gasteiger partial charge in [0.25, 0.3) is 0 Å². The van der Waals surface area contributed by atoms with Crippen LogP contribution in [0.15, 0.2) is 66.7 Å². The van der Waals surface area contributed by atoms with Gasteiger partial charge in [0.05, 0.1) is 0 Å². The Hall–Kier alpha value is -2.28. The van der Waals surface area contributed by atoms with Crippen LogP contribution >= 0.6 is 0 Å². The Labute approximate surface area is 120 Å². The van der Waals surface area contributed by atoms with Gasteiger partial charge in [-0.05, 0) is 41.8 Å². The van der Waals surface area contributed by atoms with Gasteiger partial charge in [-0.3, -0.25) is 0 Å². The van der Waals surface area contributed by atoms with Crippen molar-refractivity contribution in [3.63, 3.8) is 0 Å². The molecule has 0 saturated carbocycles. The molecule has 20 heavy (non-hydrogen) atoms. The standard InChI is InChI=1S/C19H19N/c1-15-9-11-18(12-10-15)20-14-13-17-7-4-6-16-5-2-3-8-19(16)17/h2-12,20H,13-14H2,1H3. The Balaban J connectivity index is 1.69. The molecule has 3 aromatic rings. The number of rotatable bonds is 4. The summed E-state index contributed by atoms with van der Waals surface area (Å²) < 4.78 is 0. The molecule has 0 aliphatic heterocycles. The van der Waals surface area contributed by atoms with E-state index in [0.29, 0.717) is 0 Å². The first kappa shape index (κ1) is 12.7. The molecule has 0 heterocycles. The topological polar surface area (TPSA) is 12.0 Å². The van der Waals surface area contributed by atoms with Crippen molar-refractivity contribution in [3.8, 4) is 0 Å². The fourth-order valence-electron chi connectivity index (χ4n) is 2.52. The molecule has 0 amide bonds. The van der Waals surface area contributed by atoms with E-state index in [1.807, 2.05) is 0 Å². The first-order chi connectivity index (χ1) is 9.83. The highest BCUT2D eigenvalue weighted by atomic mass is 14.9. The van der Waals surface area contributed by atoms with E-state index >= 15 is 0 Å². The second kappa shape index (κ2) is 5.79. The third kappa shape index (κ3) is 2.83. The molecule has 0 bridgehead atoms. The van der Waals surface area contributed by atoms with Crippen molar-refractivity contribution in [1.82, 2.24) is 0 Å². The van der Waals surface area contributed by atoms with Crippen LogP contribution in [-0.4, -0.2) is 6.54 Å². The summed E-state index contributed by atoms with van der Waals surface area (Å²) in [6, 6.07) is 23.7. The molecule has 0 unspecified atom stereocenters.